The topological polar surface area (TPSA) is 63.5 Å². The van der Waals surface area contributed by atoms with Gasteiger partial charge in [0.05, 0.1) is 12.7 Å². The molecule has 5 heteroatoms. The summed E-state index contributed by atoms with van der Waals surface area (Å²) < 4.78 is 6.84. The molecule has 0 saturated heterocycles. The van der Waals surface area contributed by atoms with Gasteiger partial charge in [-0.3, -0.25) is 4.79 Å². The van der Waals surface area contributed by atoms with Gasteiger partial charge in [0.1, 0.15) is 6.54 Å². The first kappa shape index (κ1) is 14.1. The minimum absolute atomic E-state index is 0.00766. The summed E-state index contributed by atoms with van der Waals surface area (Å²) in [5, 5.41) is 12.8. The van der Waals surface area contributed by atoms with Crippen molar-refractivity contribution in [2.75, 3.05) is 13.7 Å². The summed E-state index contributed by atoms with van der Waals surface area (Å²) in [5.74, 6) is -0.0358. The number of nitrogens with one attached hydrogen (secondary N) is 1. The molecular weight excluding hydrogens is 244 g/mol. The van der Waals surface area contributed by atoms with Crippen molar-refractivity contribution in [1.29, 1.82) is 0 Å². The summed E-state index contributed by atoms with van der Waals surface area (Å²) in [5.41, 5.74) is 2.14. The second kappa shape index (κ2) is 6.21. The standard InChI is InChI=1S/C14H22N2O3/c1-10(9-19-2)15-14(18)8-16-6-11-4-3-5-13(17)12(11)7-16/h6-7,10,13,17H,3-5,8-9H2,1-2H3,(H,15,18). The Labute approximate surface area is 113 Å². The number of rotatable bonds is 5. The van der Waals surface area contributed by atoms with Gasteiger partial charge in [-0.1, -0.05) is 0 Å². The van der Waals surface area contributed by atoms with Crippen molar-refractivity contribution >= 4 is 5.91 Å². The fourth-order valence-electron chi connectivity index (χ4n) is 2.59. The lowest BCUT2D eigenvalue weighted by atomic mass is 9.93. The zero-order valence-electron chi connectivity index (χ0n) is 11.6. The molecule has 1 aromatic rings. The molecule has 1 amide bonds. The SMILES string of the molecule is COCC(C)NC(=O)Cn1cc2c(c1)C(O)CCC2. The van der Waals surface area contributed by atoms with Gasteiger partial charge in [-0.05, 0) is 31.7 Å². The van der Waals surface area contributed by atoms with E-state index in [4.69, 9.17) is 4.74 Å². The maximum absolute atomic E-state index is 11.8. The van der Waals surface area contributed by atoms with Crippen LogP contribution in [0.3, 0.4) is 0 Å². The van der Waals surface area contributed by atoms with Gasteiger partial charge in [-0.2, -0.15) is 0 Å². The van der Waals surface area contributed by atoms with E-state index < -0.39 is 0 Å². The molecule has 0 fully saturated rings. The number of nitrogens with zero attached hydrogens (tertiary/aromatic N) is 1. The fraction of sp³-hybridized carbons (Fsp3) is 0.643. The molecule has 1 aliphatic carbocycles. The third-order valence-corrected chi connectivity index (χ3v) is 3.43. The summed E-state index contributed by atoms with van der Waals surface area (Å²) in [6.07, 6.45) is 6.29. The van der Waals surface area contributed by atoms with Crippen LogP contribution >= 0.6 is 0 Å². The Kier molecular flexibility index (Phi) is 4.61. The number of methoxy groups -OCH3 is 1. The maximum atomic E-state index is 11.8. The number of aliphatic hydroxyl groups excluding tert-OH is 1. The minimum atomic E-state index is -0.375. The zero-order valence-corrected chi connectivity index (χ0v) is 11.6. The highest BCUT2D eigenvalue weighted by atomic mass is 16.5. The summed E-state index contributed by atoms with van der Waals surface area (Å²) in [4.78, 5) is 11.8. The van der Waals surface area contributed by atoms with Crippen molar-refractivity contribution in [1.82, 2.24) is 9.88 Å². The molecular formula is C14H22N2O3. The van der Waals surface area contributed by atoms with Crippen molar-refractivity contribution in [3.63, 3.8) is 0 Å². The van der Waals surface area contributed by atoms with Crippen molar-refractivity contribution in [2.45, 2.75) is 44.9 Å². The third-order valence-electron chi connectivity index (χ3n) is 3.43. The number of hydrogen-bond donors (Lipinski definition) is 2. The largest absolute Gasteiger partial charge is 0.388 e. The highest BCUT2D eigenvalue weighted by molar-refractivity contribution is 5.76. The minimum Gasteiger partial charge on any atom is -0.388 e. The van der Waals surface area contributed by atoms with Crippen LogP contribution in [0.2, 0.25) is 0 Å². The molecule has 0 spiro atoms. The van der Waals surface area contributed by atoms with Gasteiger partial charge in [0.25, 0.3) is 0 Å². The van der Waals surface area contributed by atoms with Crippen LogP contribution in [0.5, 0.6) is 0 Å². The van der Waals surface area contributed by atoms with E-state index in [1.54, 1.807) is 7.11 Å². The van der Waals surface area contributed by atoms with Crippen LogP contribution in [-0.4, -0.2) is 35.3 Å². The lowest BCUT2D eigenvalue weighted by molar-refractivity contribution is -0.122. The van der Waals surface area contributed by atoms with Gasteiger partial charge < -0.3 is 19.7 Å². The average Bonchev–Trinajstić information content (AvgIpc) is 2.72. The lowest BCUT2D eigenvalue weighted by Gasteiger charge is -2.16. The second-order valence-electron chi connectivity index (χ2n) is 5.24. The Balaban J connectivity index is 1.94. The van der Waals surface area contributed by atoms with Gasteiger partial charge in [0, 0.05) is 31.1 Å². The summed E-state index contributed by atoms with van der Waals surface area (Å²) in [7, 11) is 1.62. The Morgan fingerprint density at radius 1 is 1.63 bits per heavy atom. The summed E-state index contributed by atoms with van der Waals surface area (Å²) in [6.45, 7) is 2.70. The number of fused-ring (bicyclic) bond motifs is 1. The first-order chi connectivity index (χ1) is 9.10. The number of carbonyl (C=O) groups is 1. The molecule has 106 valence electrons. The van der Waals surface area contributed by atoms with Crippen LogP contribution in [0.25, 0.3) is 0 Å². The molecule has 0 saturated carbocycles. The van der Waals surface area contributed by atoms with Gasteiger partial charge in [0.2, 0.25) is 5.91 Å². The highest BCUT2D eigenvalue weighted by Crippen LogP contribution is 2.30. The first-order valence-electron chi connectivity index (χ1n) is 6.75. The molecule has 0 aliphatic heterocycles. The van der Waals surface area contributed by atoms with E-state index in [0.717, 1.165) is 30.4 Å². The van der Waals surface area contributed by atoms with Crippen LogP contribution in [0, 0.1) is 0 Å². The number of carbonyl (C=O) groups excluding carboxylic acids is 1. The van der Waals surface area contributed by atoms with E-state index in [1.807, 2.05) is 23.9 Å². The van der Waals surface area contributed by atoms with Gasteiger partial charge in [-0.15, -0.1) is 0 Å². The number of ether oxygens (including phenoxy) is 1. The monoisotopic (exact) mass is 266 g/mol. The third kappa shape index (κ3) is 3.58. The normalized spacial score (nSPS) is 19.8. The number of aromatic nitrogens is 1. The number of aryl methyl sites for hydroxylation is 1. The van der Waals surface area contributed by atoms with Gasteiger partial charge >= 0.3 is 0 Å². The molecule has 1 heterocycles. The molecule has 2 rings (SSSR count). The van der Waals surface area contributed by atoms with E-state index in [9.17, 15) is 9.90 Å². The summed E-state index contributed by atoms with van der Waals surface area (Å²) >= 11 is 0. The number of aliphatic hydroxyl groups is 1. The smallest absolute Gasteiger partial charge is 0.240 e. The predicted octanol–water partition coefficient (Wildman–Crippen LogP) is 1.01. The van der Waals surface area contributed by atoms with Crippen LogP contribution in [0.1, 0.15) is 37.0 Å². The molecule has 1 aromatic heterocycles. The molecule has 0 radical (unpaired) electrons. The molecule has 2 atom stereocenters. The van der Waals surface area contributed by atoms with Crippen molar-refractivity contribution in [2.24, 2.45) is 0 Å². The Bertz CT molecular complexity index is 442. The van der Waals surface area contributed by atoms with Crippen molar-refractivity contribution in [3.8, 4) is 0 Å². The summed E-state index contributed by atoms with van der Waals surface area (Å²) in [6, 6.07) is 0.00766. The molecule has 0 aromatic carbocycles. The fourth-order valence-corrected chi connectivity index (χ4v) is 2.59. The number of amides is 1. The maximum Gasteiger partial charge on any atom is 0.240 e. The molecule has 1 aliphatic rings. The molecule has 0 bridgehead atoms. The van der Waals surface area contributed by atoms with Crippen molar-refractivity contribution < 1.29 is 14.6 Å². The Morgan fingerprint density at radius 3 is 3.11 bits per heavy atom. The second-order valence-corrected chi connectivity index (χ2v) is 5.24. The van der Waals surface area contributed by atoms with Crippen molar-refractivity contribution in [3.05, 3.63) is 23.5 Å². The molecule has 19 heavy (non-hydrogen) atoms. The van der Waals surface area contributed by atoms with E-state index >= 15 is 0 Å². The van der Waals surface area contributed by atoms with E-state index in [2.05, 4.69) is 5.32 Å². The van der Waals surface area contributed by atoms with E-state index in [-0.39, 0.29) is 24.6 Å². The average molecular weight is 266 g/mol. The van der Waals surface area contributed by atoms with E-state index in [1.165, 1.54) is 0 Å². The first-order valence-corrected chi connectivity index (χ1v) is 6.75. The zero-order chi connectivity index (χ0) is 13.8. The Morgan fingerprint density at radius 2 is 2.42 bits per heavy atom. The van der Waals surface area contributed by atoms with E-state index in [0.29, 0.717) is 6.61 Å². The highest BCUT2D eigenvalue weighted by Gasteiger charge is 2.20. The lowest BCUT2D eigenvalue weighted by Crippen LogP contribution is -2.37. The molecule has 2 unspecified atom stereocenters. The number of hydrogen-bond acceptors (Lipinski definition) is 3. The Hall–Kier alpha value is -1.33. The van der Waals surface area contributed by atoms with Crippen LogP contribution in [-0.2, 0) is 22.5 Å². The predicted molar refractivity (Wildman–Crippen MR) is 71.8 cm³/mol. The van der Waals surface area contributed by atoms with Gasteiger partial charge in [-0.25, -0.2) is 0 Å². The molecule has 5 nitrogen and oxygen atoms in total. The quantitative estimate of drug-likeness (QED) is 0.836. The van der Waals surface area contributed by atoms with Gasteiger partial charge in [0.15, 0.2) is 0 Å². The van der Waals surface area contributed by atoms with Crippen LogP contribution in [0.4, 0.5) is 0 Å². The van der Waals surface area contributed by atoms with Crippen LogP contribution < -0.4 is 5.32 Å². The van der Waals surface area contributed by atoms with Crippen LogP contribution in [0.15, 0.2) is 12.4 Å². The molecule has 2 N–H and O–H groups in total.